The van der Waals surface area contributed by atoms with Crippen LogP contribution < -0.4 is 4.90 Å². The third kappa shape index (κ3) is 5.24. The van der Waals surface area contributed by atoms with E-state index in [2.05, 4.69) is 52.6 Å². The van der Waals surface area contributed by atoms with E-state index in [1.165, 1.54) is 36.0 Å². The van der Waals surface area contributed by atoms with Crippen LogP contribution in [0.4, 0.5) is 5.95 Å². The molecular weight excluding hydrogens is 358 g/mol. The third-order valence-corrected chi connectivity index (χ3v) is 6.51. The lowest BCUT2D eigenvalue weighted by Gasteiger charge is -2.32. The van der Waals surface area contributed by atoms with Crippen molar-refractivity contribution in [2.45, 2.75) is 45.6 Å². The summed E-state index contributed by atoms with van der Waals surface area (Å²) in [6, 6.07) is 8.70. The molecule has 4 rings (SSSR count). The summed E-state index contributed by atoms with van der Waals surface area (Å²) >= 11 is 0. The highest BCUT2D eigenvalue weighted by molar-refractivity contribution is 5.30. The number of nitrogens with zero attached hydrogens (tertiary/aromatic N) is 3. The van der Waals surface area contributed by atoms with Crippen molar-refractivity contribution >= 4 is 5.95 Å². The number of allylic oxidation sites excluding steroid dienone is 1. The number of benzene rings is 1. The van der Waals surface area contributed by atoms with Crippen molar-refractivity contribution in [1.29, 1.82) is 0 Å². The van der Waals surface area contributed by atoms with Crippen molar-refractivity contribution < 1.29 is 4.74 Å². The van der Waals surface area contributed by atoms with Crippen molar-refractivity contribution in [1.82, 2.24) is 9.97 Å². The maximum atomic E-state index is 6.03. The van der Waals surface area contributed by atoms with Gasteiger partial charge in [-0.05, 0) is 66.5 Å². The average Bonchev–Trinajstić information content (AvgIpc) is 3.55. The fraction of sp³-hybridized carbons (Fsp3) is 0.520. The van der Waals surface area contributed by atoms with Crippen molar-refractivity contribution in [3.05, 3.63) is 66.0 Å². The summed E-state index contributed by atoms with van der Waals surface area (Å²) < 4.78 is 6.03. The number of hydrogen-bond donors (Lipinski definition) is 0. The number of aromatic nitrogens is 2. The summed E-state index contributed by atoms with van der Waals surface area (Å²) in [6.07, 6.45) is 11.7. The second kappa shape index (κ2) is 9.53. The molecular formula is C25H33N3O. The van der Waals surface area contributed by atoms with Crippen LogP contribution in [0.25, 0.3) is 0 Å². The van der Waals surface area contributed by atoms with E-state index in [1.54, 1.807) is 0 Å². The maximum absolute atomic E-state index is 6.03. The zero-order chi connectivity index (χ0) is 20.1. The zero-order valence-corrected chi connectivity index (χ0v) is 17.6. The molecule has 0 amide bonds. The Kier molecular flexibility index (Phi) is 6.60. The smallest absolute Gasteiger partial charge is 0.225 e. The molecule has 0 spiro atoms. The Balaban J connectivity index is 1.16. The summed E-state index contributed by atoms with van der Waals surface area (Å²) in [4.78, 5) is 11.4. The molecule has 2 aromatic rings. The topological polar surface area (TPSA) is 38.2 Å². The SMILES string of the molecule is C=CCc1ccc(COC[C@@H]2C[C@@H]2C2CCN(c3ncc(CC)cn3)CC2)cc1. The zero-order valence-electron chi connectivity index (χ0n) is 17.6. The van der Waals surface area contributed by atoms with Gasteiger partial charge in [-0.1, -0.05) is 37.3 Å². The molecule has 0 radical (unpaired) electrons. The minimum absolute atomic E-state index is 0.723. The maximum Gasteiger partial charge on any atom is 0.225 e. The van der Waals surface area contributed by atoms with Gasteiger partial charge >= 0.3 is 0 Å². The molecule has 4 nitrogen and oxygen atoms in total. The van der Waals surface area contributed by atoms with Crippen LogP contribution in [0, 0.1) is 17.8 Å². The molecule has 0 N–H and O–H groups in total. The van der Waals surface area contributed by atoms with E-state index in [9.17, 15) is 0 Å². The second-order valence-electron chi connectivity index (χ2n) is 8.55. The highest BCUT2D eigenvalue weighted by Crippen LogP contribution is 2.48. The number of ether oxygens (including phenoxy) is 1. The third-order valence-electron chi connectivity index (χ3n) is 6.51. The molecule has 2 atom stereocenters. The Labute approximate surface area is 175 Å². The Morgan fingerprint density at radius 2 is 1.76 bits per heavy atom. The van der Waals surface area contributed by atoms with Crippen LogP contribution in [0.2, 0.25) is 0 Å². The largest absolute Gasteiger partial charge is 0.376 e. The van der Waals surface area contributed by atoms with Crippen LogP contribution in [-0.4, -0.2) is 29.7 Å². The van der Waals surface area contributed by atoms with Crippen LogP contribution >= 0.6 is 0 Å². The van der Waals surface area contributed by atoms with Crippen molar-refractivity contribution in [2.24, 2.45) is 17.8 Å². The number of anilines is 1. The molecule has 1 aromatic heterocycles. The van der Waals surface area contributed by atoms with Gasteiger partial charge in [0.05, 0.1) is 13.2 Å². The first-order valence-electron chi connectivity index (χ1n) is 11.1. The van der Waals surface area contributed by atoms with Crippen molar-refractivity contribution in [2.75, 3.05) is 24.6 Å². The number of rotatable bonds is 9. The molecule has 29 heavy (non-hydrogen) atoms. The average molecular weight is 392 g/mol. The van der Waals surface area contributed by atoms with Crippen LogP contribution in [0.3, 0.4) is 0 Å². The van der Waals surface area contributed by atoms with Crippen LogP contribution in [0.15, 0.2) is 49.3 Å². The molecule has 1 aromatic carbocycles. The predicted octanol–water partition coefficient (Wildman–Crippen LogP) is 4.84. The predicted molar refractivity (Wildman–Crippen MR) is 118 cm³/mol. The van der Waals surface area contributed by atoms with Crippen LogP contribution in [0.5, 0.6) is 0 Å². The second-order valence-corrected chi connectivity index (χ2v) is 8.55. The monoisotopic (exact) mass is 391 g/mol. The van der Waals surface area contributed by atoms with E-state index in [4.69, 9.17) is 4.74 Å². The van der Waals surface area contributed by atoms with E-state index in [0.717, 1.165) is 62.8 Å². The molecule has 1 aliphatic heterocycles. The van der Waals surface area contributed by atoms with Crippen LogP contribution in [0.1, 0.15) is 42.9 Å². The normalized spacial score (nSPS) is 21.9. The molecule has 0 bridgehead atoms. The highest BCUT2D eigenvalue weighted by atomic mass is 16.5. The van der Waals surface area contributed by atoms with Gasteiger partial charge < -0.3 is 9.64 Å². The summed E-state index contributed by atoms with van der Waals surface area (Å²) in [7, 11) is 0. The lowest BCUT2D eigenvalue weighted by Crippen LogP contribution is -2.35. The van der Waals surface area contributed by atoms with Crippen molar-refractivity contribution in [3.8, 4) is 0 Å². The molecule has 154 valence electrons. The molecule has 0 unspecified atom stereocenters. The minimum Gasteiger partial charge on any atom is -0.376 e. The first-order valence-corrected chi connectivity index (χ1v) is 11.1. The molecule has 2 heterocycles. The highest BCUT2D eigenvalue weighted by Gasteiger charge is 2.43. The van der Waals surface area contributed by atoms with E-state index < -0.39 is 0 Å². The van der Waals surface area contributed by atoms with Gasteiger partial charge in [0.25, 0.3) is 0 Å². The first kappa shape index (κ1) is 20.1. The van der Waals surface area contributed by atoms with Gasteiger partial charge in [-0.15, -0.1) is 6.58 Å². The molecule has 2 aliphatic rings. The molecule has 4 heteroatoms. The lowest BCUT2D eigenvalue weighted by molar-refractivity contribution is 0.104. The fourth-order valence-electron chi connectivity index (χ4n) is 4.53. The van der Waals surface area contributed by atoms with E-state index in [-0.39, 0.29) is 0 Å². The molecule has 1 saturated carbocycles. The van der Waals surface area contributed by atoms with Gasteiger partial charge in [-0.3, -0.25) is 0 Å². The quantitative estimate of drug-likeness (QED) is 0.574. The van der Waals surface area contributed by atoms with Gasteiger partial charge in [-0.2, -0.15) is 0 Å². The Morgan fingerprint density at radius 1 is 1.07 bits per heavy atom. The fourth-order valence-corrected chi connectivity index (χ4v) is 4.53. The minimum atomic E-state index is 0.723. The summed E-state index contributed by atoms with van der Waals surface area (Å²) in [5.74, 6) is 3.35. The van der Waals surface area contributed by atoms with Gasteiger partial charge in [-0.25, -0.2) is 9.97 Å². The van der Waals surface area contributed by atoms with Gasteiger partial charge in [0.2, 0.25) is 5.95 Å². The van der Waals surface area contributed by atoms with Crippen LogP contribution in [-0.2, 0) is 24.2 Å². The molecule has 2 fully saturated rings. The molecule has 1 saturated heterocycles. The first-order chi connectivity index (χ1) is 14.3. The number of hydrogen-bond acceptors (Lipinski definition) is 4. The summed E-state index contributed by atoms with van der Waals surface area (Å²) in [5, 5.41) is 0. The Bertz CT molecular complexity index is 779. The number of aryl methyl sites for hydroxylation is 1. The Morgan fingerprint density at radius 3 is 2.41 bits per heavy atom. The summed E-state index contributed by atoms with van der Waals surface area (Å²) in [5.41, 5.74) is 3.78. The van der Waals surface area contributed by atoms with Gasteiger partial charge in [0, 0.05) is 25.5 Å². The summed E-state index contributed by atoms with van der Waals surface area (Å²) in [6.45, 7) is 9.72. The molecule has 1 aliphatic carbocycles. The van der Waals surface area contributed by atoms with Crippen molar-refractivity contribution in [3.63, 3.8) is 0 Å². The number of piperidine rings is 1. The van der Waals surface area contributed by atoms with E-state index in [1.807, 2.05) is 18.5 Å². The van der Waals surface area contributed by atoms with Gasteiger partial charge in [0.1, 0.15) is 0 Å². The lowest BCUT2D eigenvalue weighted by atomic mass is 9.91. The van der Waals surface area contributed by atoms with Gasteiger partial charge in [0.15, 0.2) is 0 Å². The van der Waals surface area contributed by atoms with E-state index >= 15 is 0 Å². The van der Waals surface area contributed by atoms with E-state index in [0.29, 0.717) is 0 Å². The standard InChI is InChI=1S/C25H33N3O/c1-3-5-20-6-8-21(9-7-20)17-29-18-23-14-24(23)22-10-12-28(13-11-22)25-26-15-19(4-2)16-27-25/h3,6-9,15-16,22-24H,1,4-5,10-14,17-18H2,2H3/t23-,24+/m0/s1. The Hall–Kier alpha value is -2.20.